The number of imidazole rings is 1. The summed E-state index contributed by atoms with van der Waals surface area (Å²) in [7, 11) is 1.45. The first-order chi connectivity index (χ1) is 8.56. The highest BCUT2D eigenvalue weighted by Crippen LogP contribution is 2.13. The van der Waals surface area contributed by atoms with Gasteiger partial charge in [-0.15, -0.1) is 0 Å². The van der Waals surface area contributed by atoms with Crippen LogP contribution in [-0.2, 0) is 0 Å². The number of anilines is 1. The summed E-state index contributed by atoms with van der Waals surface area (Å²) >= 11 is 5.74. The zero-order valence-electron chi connectivity index (χ0n) is 9.33. The molecule has 0 aliphatic carbocycles. The molecular weight excluding hydrogens is 266 g/mol. The molecule has 2 aromatic rings. The number of halogens is 3. The second-order valence-electron chi connectivity index (χ2n) is 3.45. The maximum Gasteiger partial charge on any atom is 0.255 e. The van der Waals surface area contributed by atoms with Gasteiger partial charge in [-0.05, 0) is 11.6 Å². The van der Waals surface area contributed by atoms with Gasteiger partial charge in [-0.1, -0.05) is 0 Å². The van der Waals surface area contributed by atoms with Crippen LogP contribution in [0.2, 0.25) is 5.28 Å². The average molecular weight is 275 g/mol. The van der Waals surface area contributed by atoms with Crippen molar-refractivity contribution in [1.29, 1.82) is 0 Å². The summed E-state index contributed by atoms with van der Waals surface area (Å²) in [6.45, 7) is -0.482. The summed E-state index contributed by atoms with van der Waals surface area (Å²) in [6.07, 6.45) is 2.15. The van der Waals surface area contributed by atoms with Crippen molar-refractivity contribution in [3.05, 3.63) is 24.0 Å². The predicted octanol–water partition coefficient (Wildman–Crippen LogP) is 1.41. The molecule has 0 fully saturated rings. The molecule has 9 heteroatoms. The highest BCUT2D eigenvalue weighted by molar-refractivity contribution is 6.28. The van der Waals surface area contributed by atoms with Gasteiger partial charge in [-0.3, -0.25) is 4.57 Å². The maximum absolute atomic E-state index is 12.3. The van der Waals surface area contributed by atoms with E-state index in [1.54, 1.807) is 12.4 Å². The third-order valence-electron chi connectivity index (χ3n) is 2.07. The minimum absolute atomic E-state index is 0.0650. The highest BCUT2D eigenvalue weighted by atomic mass is 35.5. The van der Waals surface area contributed by atoms with Crippen molar-refractivity contribution >= 4 is 17.5 Å². The van der Waals surface area contributed by atoms with E-state index in [1.807, 2.05) is 0 Å². The lowest BCUT2D eigenvalue weighted by Crippen LogP contribution is -2.26. The Kier molecular flexibility index (Phi) is 3.66. The Morgan fingerprint density at radius 3 is 2.78 bits per heavy atom. The summed E-state index contributed by atoms with van der Waals surface area (Å²) < 4.78 is 26.1. The first-order valence-electron chi connectivity index (χ1n) is 4.95. The molecule has 0 spiro atoms. The Morgan fingerprint density at radius 1 is 1.39 bits per heavy atom. The normalized spacial score (nSPS) is 10.9. The van der Waals surface area contributed by atoms with Gasteiger partial charge in [-0.2, -0.15) is 15.0 Å². The first kappa shape index (κ1) is 12.6. The van der Waals surface area contributed by atoms with Gasteiger partial charge < -0.3 is 4.90 Å². The molecule has 0 aliphatic heterocycles. The molecule has 0 atom stereocenters. The molecular formula is C9H9ClF2N6. The lowest BCUT2D eigenvalue weighted by atomic mass is 10.6. The van der Waals surface area contributed by atoms with Crippen LogP contribution in [0.1, 0.15) is 0 Å². The number of rotatable bonds is 4. The van der Waals surface area contributed by atoms with Gasteiger partial charge in [0.25, 0.3) is 6.43 Å². The van der Waals surface area contributed by atoms with Crippen LogP contribution in [0, 0.1) is 0 Å². The van der Waals surface area contributed by atoms with Gasteiger partial charge in [0.2, 0.25) is 17.2 Å². The average Bonchev–Trinajstić information content (AvgIpc) is 2.80. The van der Waals surface area contributed by atoms with Crippen LogP contribution in [0.3, 0.4) is 0 Å². The van der Waals surface area contributed by atoms with E-state index in [4.69, 9.17) is 11.6 Å². The maximum atomic E-state index is 12.3. The van der Waals surface area contributed by atoms with E-state index in [0.717, 1.165) is 0 Å². The third kappa shape index (κ3) is 2.89. The van der Waals surface area contributed by atoms with Crippen molar-refractivity contribution in [3.8, 4) is 5.95 Å². The van der Waals surface area contributed by atoms with E-state index in [1.165, 1.54) is 22.8 Å². The van der Waals surface area contributed by atoms with Gasteiger partial charge in [-0.25, -0.2) is 13.8 Å². The monoisotopic (exact) mass is 274 g/mol. The summed E-state index contributed by atoms with van der Waals surface area (Å²) in [4.78, 5) is 16.8. The van der Waals surface area contributed by atoms with Gasteiger partial charge >= 0.3 is 0 Å². The van der Waals surface area contributed by atoms with Gasteiger partial charge in [0.1, 0.15) is 6.33 Å². The van der Waals surface area contributed by atoms with Crippen LogP contribution in [0.15, 0.2) is 18.7 Å². The molecule has 2 rings (SSSR count). The molecule has 18 heavy (non-hydrogen) atoms. The summed E-state index contributed by atoms with van der Waals surface area (Å²) in [5.41, 5.74) is 0. The van der Waals surface area contributed by atoms with Gasteiger partial charge in [0.05, 0.1) is 6.54 Å². The lowest BCUT2D eigenvalue weighted by molar-refractivity contribution is 0.156. The van der Waals surface area contributed by atoms with E-state index < -0.39 is 13.0 Å². The van der Waals surface area contributed by atoms with Crippen LogP contribution in [0.25, 0.3) is 5.95 Å². The second-order valence-corrected chi connectivity index (χ2v) is 3.78. The Labute approximate surface area is 106 Å². The second kappa shape index (κ2) is 5.21. The molecule has 96 valence electrons. The molecule has 6 nitrogen and oxygen atoms in total. The smallest absolute Gasteiger partial charge is 0.255 e. The molecule has 0 N–H and O–H groups in total. The number of hydrogen-bond donors (Lipinski definition) is 0. The zero-order chi connectivity index (χ0) is 13.1. The van der Waals surface area contributed by atoms with Crippen molar-refractivity contribution in [2.45, 2.75) is 6.43 Å². The molecule has 2 heterocycles. The first-order valence-corrected chi connectivity index (χ1v) is 5.33. The van der Waals surface area contributed by atoms with Crippen LogP contribution in [-0.4, -0.2) is 44.5 Å². The SMILES string of the molecule is CN(CC(F)F)c1nc(Cl)nc(-n2ccnc2)n1. The highest BCUT2D eigenvalue weighted by Gasteiger charge is 2.14. The van der Waals surface area contributed by atoms with Crippen molar-refractivity contribution in [1.82, 2.24) is 24.5 Å². The van der Waals surface area contributed by atoms with Crippen molar-refractivity contribution in [3.63, 3.8) is 0 Å². The summed E-state index contributed by atoms with van der Waals surface area (Å²) in [5.74, 6) is 0.308. The fourth-order valence-corrected chi connectivity index (χ4v) is 1.43. The Hall–Kier alpha value is -1.83. The van der Waals surface area contributed by atoms with Crippen LogP contribution >= 0.6 is 11.6 Å². The number of aromatic nitrogens is 5. The van der Waals surface area contributed by atoms with Crippen LogP contribution in [0.4, 0.5) is 14.7 Å². The fraction of sp³-hybridized carbons (Fsp3) is 0.333. The van der Waals surface area contributed by atoms with E-state index in [9.17, 15) is 8.78 Å². The molecule has 0 saturated carbocycles. The van der Waals surface area contributed by atoms with E-state index in [2.05, 4.69) is 19.9 Å². The van der Waals surface area contributed by atoms with Gasteiger partial charge in [0, 0.05) is 19.4 Å². The standard InChI is InChI=1S/C9H9ClF2N6/c1-17(4-6(11)12)8-14-7(10)15-9(16-8)18-3-2-13-5-18/h2-3,5-6H,4H2,1H3. The molecule has 0 unspecified atom stereocenters. The number of nitrogens with zero attached hydrogens (tertiary/aromatic N) is 6. The molecule has 0 bridgehead atoms. The van der Waals surface area contributed by atoms with Crippen molar-refractivity contribution < 1.29 is 8.78 Å². The van der Waals surface area contributed by atoms with Crippen LogP contribution < -0.4 is 4.90 Å². The summed E-state index contributed by atoms with van der Waals surface area (Å²) in [6, 6.07) is 0. The third-order valence-corrected chi connectivity index (χ3v) is 2.24. The van der Waals surface area contributed by atoms with Crippen LogP contribution in [0.5, 0.6) is 0 Å². The summed E-state index contributed by atoms with van der Waals surface area (Å²) in [5, 5.41) is -0.0650. The van der Waals surface area contributed by atoms with E-state index in [-0.39, 0.29) is 17.2 Å². The Morgan fingerprint density at radius 2 is 2.17 bits per heavy atom. The predicted molar refractivity (Wildman–Crippen MR) is 61.2 cm³/mol. The number of hydrogen-bond acceptors (Lipinski definition) is 5. The topological polar surface area (TPSA) is 59.7 Å². The van der Waals surface area contributed by atoms with Crippen molar-refractivity contribution in [2.24, 2.45) is 0 Å². The minimum atomic E-state index is -2.48. The molecule has 0 radical (unpaired) electrons. The minimum Gasteiger partial charge on any atom is -0.338 e. The Balaban J connectivity index is 2.32. The van der Waals surface area contributed by atoms with Gasteiger partial charge in [0.15, 0.2) is 0 Å². The lowest BCUT2D eigenvalue weighted by Gasteiger charge is -2.16. The van der Waals surface area contributed by atoms with Crippen molar-refractivity contribution in [2.75, 3.05) is 18.5 Å². The van der Waals surface area contributed by atoms with E-state index in [0.29, 0.717) is 0 Å². The quantitative estimate of drug-likeness (QED) is 0.844. The fourth-order valence-electron chi connectivity index (χ4n) is 1.28. The largest absolute Gasteiger partial charge is 0.338 e. The van der Waals surface area contributed by atoms with E-state index >= 15 is 0 Å². The molecule has 0 aliphatic rings. The Bertz CT molecular complexity index is 518. The molecule has 0 amide bonds. The molecule has 0 saturated heterocycles. The number of alkyl halides is 2. The molecule has 0 aromatic carbocycles. The molecule has 2 aromatic heterocycles. The zero-order valence-corrected chi connectivity index (χ0v) is 10.1.